The normalized spacial score (nSPS) is 23.4. The van der Waals surface area contributed by atoms with E-state index in [4.69, 9.17) is 4.18 Å². The highest BCUT2D eigenvalue weighted by atomic mass is 32.2. The first kappa shape index (κ1) is 22.0. The molecule has 1 heterocycles. The van der Waals surface area contributed by atoms with E-state index in [2.05, 4.69) is 24.3 Å². The number of anilines is 1. The van der Waals surface area contributed by atoms with E-state index in [0.717, 1.165) is 22.3 Å². The van der Waals surface area contributed by atoms with Gasteiger partial charge in [-0.1, -0.05) is 72.8 Å². The Labute approximate surface area is 214 Å². The molecule has 37 heavy (non-hydrogen) atoms. The van der Waals surface area contributed by atoms with E-state index in [-0.39, 0.29) is 34.3 Å². The molecule has 0 saturated carbocycles. The van der Waals surface area contributed by atoms with Gasteiger partial charge >= 0.3 is 10.1 Å². The highest BCUT2D eigenvalue weighted by Gasteiger charge is 2.61. The smallest absolute Gasteiger partial charge is 0.339 e. The highest BCUT2D eigenvalue weighted by molar-refractivity contribution is 7.87. The second kappa shape index (κ2) is 7.88. The largest absolute Gasteiger partial charge is 0.379 e. The average molecular weight is 508 g/mol. The van der Waals surface area contributed by atoms with Gasteiger partial charge in [-0.2, -0.15) is 8.42 Å². The van der Waals surface area contributed by atoms with Crippen LogP contribution in [0.15, 0.2) is 108 Å². The van der Waals surface area contributed by atoms with Gasteiger partial charge in [-0.15, -0.1) is 0 Å². The van der Waals surface area contributed by atoms with Crippen molar-refractivity contribution in [3.05, 3.63) is 125 Å². The van der Waals surface area contributed by atoms with E-state index in [1.54, 1.807) is 30.3 Å². The minimum Gasteiger partial charge on any atom is -0.379 e. The van der Waals surface area contributed by atoms with Gasteiger partial charge in [0.05, 0.1) is 17.5 Å². The molecular weight excluding hydrogens is 486 g/mol. The number of amides is 2. The number of benzene rings is 4. The van der Waals surface area contributed by atoms with Gasteiger partial charge in [-0.05, 0) is 46.5 Å². The van der Waals surface area contributed by atoms with Crippen molar-refractivity contribution in [2.45, 2.75) is 16.7 Å². The number of imide groups is 1. The minimum atomic E-state index is -4.07. The molecule has 2 amide bonds. The lowest BCUT2D eigenvalue weighted by atomic mass is 9.55. The Hall–Kier alpha value is -4.23. The standard InChI is InChI=1S/C30H21NO5S/c32-29-27-25-21-13-4-5-14-22(21)26(24-16-7-6-15-23(24)25)28(27)30(33)31(29)18-9-8-10-19(17-18)36-37(34,35)20-11-2-1-3-12-20/h1-17,25-28H/t25?,26?,27-,28+. The summed E-state index contributed by atoms with van der Waals surface area (Å²) in [6.45, 7) is 0. The Kier molecular flexibility index (Phi) is 4.69. The van der Waals surface area contributed by atoms with Crippen molar-refractivity contribution >= 4 is 27.6 Å². The van der Waals surface area contributed by atoms with Gasteiger partial charge in [0, 0.05) is 17.9 Å². The van der Waals surface area contributed by atoms with Crippen LogP contribution in [-0.4, -0.2) is 20.2 Å². The van der Waals surface area contributed by atoms with E-state index in [1.165, 1.54) is 29.2 Å². The first-order valence-electron chi connectivity index (χ1n) is 12.1. The van der Waals surface area contributed by atoms with Gasteiger partial charge in [0.2, 0.25) is 11.8 Å². The van der Waals surface area contributed by atoms with Crippen molar-refractivity contribution in [3.8, 4) is 5.75 Å². The predicted octanol–water partition coefficient (Wildman–Crippen LogP) is 4.85. The Balaban J connectivity index is 1.28. The number of hydrogen-bond acceptors (Lipinski definition) is 5. The third kappa shape index (κ3) is 3.13. The minimum absolute atomic E-state index is 0.0202. The van der Waals surface area contributed by atoms with Gasteiger partial charge in [0.1, 0.15) is 10.6 Å². The molecule has 0 radical (unpaired) electrons. The zero-order chi connectivity index (χ0) is 25.3. The summed E-state index contributed by atoms with van der Waals surface area (Å²) < 4.78 is 30.8. The van der Waals surface area contributed by atoms with Crippen molar-refractivity contribution < 1.29 is 22.2 Å². The molecule has 6 nitrogen and oxygen atoms in total. The molecule has 4 aliphatic rings. The molecule has 7 heteroatoms. The average Bonchev–Trinajstić information content (AvgIpc) is 3.19. The fraction of sp³-hybridized carbons (Fsp3) is 0.133. The topological polar surface area (TPSA) is 80.8 Å². The van der Waals surface area contributed by atoms with Crippen LogP contribution in [0.2, 0.25) is 0 Å². The maximum atomic E-state index is 13.9. The van der Waals surface area contributed by atoms with Crippen LogP contribution in [0.4, 0.5) is 5.69 Å². The van der Waals surface area contributed by atoms with Crippen LogP contribution in [0.1, 0.15) is 34.1 Å². The number of nitrogens with zero attached hydrogens (tertiary/aromatic N) is 1. The van der Waals surface area contributed by atoms with E-state index in [1.807, 2.05) is 24.3 Å². The van der Waals surface area contributed by atoms with Gasteiger partial charge in [0.25, 0.3) is 0 Å². The van der Waals surface area contributed by atoms with Crippen LogP contribution >= 0.6 is 0 Å². The first-order chi connectivity index (χ1) is 18.0. The summed E-state index contributed by atoms with van der Waals surface area (Å²) in [5.41, 5.74) is 4.70. The second-order valence-electron chi connectivity index (χ2n) is 9.62. The second-order valence-corrected chi connectivity index (χ2v) is 11.2. The molecule has 0 unspecified atom stereocenters. The summed E-state index contributed by atoms with van der Waals surface area (Å²) in [7, 11) is -4.07. The molecule has 3 aliphatic carbocycles. The molecule has 0 aromatic heterocycles. The van der Waals surface area contributed by atoms with Crippen LogP contribution in [-0.2, 0) is 19.7 Å². The van der Waals surface area contributed by atoms with Crippen LogP contribution < -0.4 is 9.08 Å². The van der Waals surface area contributed by atoms with Crippen molar-refractivity contribution in [1.82, 2.24) is 0 Å². The molecule has 8 rings (SSSR count). The molecule has 2 bridgehead atoms. The number of hydrogen-bond donors (Lipinski definition) is 0. The van der Waals surface area contributed by atoms with Crippen LogP contribution in [0, 0.1) is 11.8 Å². The van der Waals surface area contributed by atoms with Crippen LogP contribution in [0.5, 0.6) is 5.75 Å². The monoisotopic (exact) mass is 507 g/mol. The Morgan fingerprint density at radius 3 is 1.59 bits per heavy atom. The van der Waals surface area contributed by atoms with Gasteiger partial charge in [0.15, 0.2) is 0 Å². The molecule has 1 fully saturated rings. The Morgan fingerprint density at radius 2 is 1.08 bits per heavy atom. The molecular formula is C30H21NO5S. The predicted molar refractivity (Wildman–Crippen MR) is 137 cm³/mol. The van der Waals surface area contributed by atoms with Crippen molar-refractivity contribution in [1.29, 1.82) is 0 Å². The van der Waals surface area contributed by atoms with Crippen molar-refractivity contribution in [2.75, 3.05) is 4.90 Å². The summed E-state index contributed by atoms with van der Waals surface area (Å²) in [6.07, 6.45) is 0. The lowest BCUT2D eigenvalue weighted by molar-refractivity contribution is -0.122. The van der Waals surface area contributed by atoms with E-state index >= 15 is 0 Å². The fourth-order valence-corrected chi connectivity index (χ4v) is 7.31. The molecule has 2 atom stereocenters. The molecule has 0 spiro atoms. The van der Waals surface area contributed by atoms with Crippen LogP contribution in [0.3, 0.4) is 0 Å². The van der Waals surface area contributed by atoms with E-state index in [0.29, 0.717) is 5.69 Å². The molecule has 4 aromatic rings. The van der Waals surface area contributed by atoms with Crippen LogP contribution in [0.25, 0.3) is 0 Å². The SMILES string of the molecule is O=C1[C@@H]2C3c4ccccc4C(c4ccccc43)[C@@H]2C(=O)N1c1cccc(OS(=O)(=O)c2ccccc2)c1. The third-order valence-electron chi connectivity index (χ3n) is 7.76. The zero-order valence-electron chi connectivity index (χ0n) is 19.5. The van der Waals surface area contributed by atoms with Crippen molar-refractivity contribution in [3.63, 3.8) is 0 Å². The van der Waals surface area contributed by atoms with Gasteiger partial charge < -0.3 is 4.18 Å². The summed E-state index contributed by atoms with van der Waals surface area (Å²) in [5, 5.41) is 0. The molecule has 4 aromatic carbocycles. The third-order valence-corrected chi connectivity index (χ3v) is 9.02. The molecule has 1 saturated heterocycles. The first-order valence-corrected chi connectivity index (χ1v) is 13.5. The van der Waals surface area contributed by atoms with Gasteiger partial charge in [-0.25, -0.2) is 4.90 Å². The zero-order valence-corrected chi connectivity index (χ0v) is 20.3. The molecule has 182 valence electrons. The maximum Gasteiger partial charge on any atom is 0.339 e. The molecule has 1 aliphatic heterocycles. The van der Waals surface area contributed by atoms with E-state index < -0.39 is 22.0 Å². The van der Waals surface area contributed by atoms with Gasteiger partial charge in [-0.3, -0.25) is 9.59 Å². The molecule has 0 N–H and O–H groups in total. The summed E-state index contributed by atoms with van der Waals surface area (Å²) in [6, 6.07) is 30.1. The summed E-state index contributed by atoms with van der Waals surface area (Å²) in [4.78, 5) is 29.1. The number of carbonyl (C=O) groups excluding carboxylic acids is 2. The maximum absolute atomic E-state index is 13.9. The summed E-state index contributed by atoms with van der Waals surface area (Å²) >= 11 is 0. The lowest BCUT2D eigenvalue weighted by Gasteiger charge is -2.45. The quantitative estimate of drug-likeness (QED) is 0.291. The Morgan fingerprint density at radius 1 is 0.595 bits per heavy atom. The van der Waals surface area contributed by atoms with Crippen molar-refractivity contribution in [2.24, 2.45) is 11.8 Å². The summed E-state index contributed by atoms with van der Waals surface area (Å²) in [5.74, 6) is -1.94. The van der Waals surface area contributed by atoms with E-state index in [9.17, 15) is 18.0 Å². The number of rotatable bonds is 4. The highest BCUT2D eigenvalue weighted by Crippen LogP contribution is 2.61. The number of carbonyl (C=O) groups is 2. The lowest BCUT2D eigenvalue weighted by Crippen LogP contribution is -2.41. The fourth-order valence-electron chi connectivity index (χ4n) is 6.37. The Bertz CT molecular complexity index is 1580.